The molecule has 0 aliphatic carbocycles. The van der Waals surface area contributed by atoms with Crippen molar-refractivity contribution in [3.05, 3.63) is 62.9 Å². The summed E-state index contributed by atoms with van der Waals surface area (Å²) in [5.41, 5.74) is -0.320. The Bertz CT molecular complexity index is 1420. The van der Waals surface area contributed by atoms with Gasteiger partial charge < -0.3 is 10.1 Å². The second-order valence-corrected chi connectivity index (χ2v) is 9.23. The Morgan fingerprint density at radius 1 is 1.06 bits per heavy atom. The van der Waals surface area contributed by atoms with Crippen molar-refractivity contribution in [2.45, 2.75) is 4.90 Å². The van der Waals surface area contributed by atoms with Gasteiger partial charge in [-0.05, 0) is 30.3 Å². The molecule has 0 unspecified atom stereocenters. The smallest absolute Gasteiger partial charge is 0.332 e. The maximum Gasteiger partial charge on any atom is 0.332 e. The number of anilines is 1. The van der Waals surface area contributed by atoms with Gasteiger partial charge in [0.1, 0.15) is 5.65 Å². The fourth-order valence-corrected chi connectivity index (χ4v) is 4.86. The molecular weight excluding hydrogens is 438 g/mol. The number of aromatic nitrogens is 3. The van der Waals surface area contributed by atoms with E-state index in [1.165, 1.54) is 59.5 Å². The third-order valence-corrected chi connectivity index (χ3v) is 7.19. The van der Waals surface area contributed by atoms with Crippen molar-refractivity contribution < 1.29 is 17.9 Å². The number of hydrogen-bond donors (Lipinski definition) is 1. The summed E-state index contributed by atoms with van der Waals surface area (Å²) in [6.07, 6.45) is 1.34. The molecule has 1 aliphatic heterocycles. The van der Waals surface area contributed by atoms with E-state index in [2.05, 4.69) is 10.3 Å². The first-order chi connectivity index (χ1) is 15.2. The molecule has 2 aromatic heterocycles. The van der Waals surface area contributed by atoms with Crippen LogP contribution in [0.5, 0.6) is 0 Å². The minimum absolute atomic E-state index is 0.0905. The van der Waals surface area contributed by atoms with Crippen LogP contribution >= 0.6 is 0 Å². The van der Waals surface area contributed by atoms with Crippen molar-refractivity contribution in [2.24, 2.45) is 14.1 Å². The number of aryl methyl sites for hydroxylation is 1. The van der Waals surface area contributed by atoms with Crippen molar-refractivity contribution >= 4 is 32.7 Å². The lowest BCUT2D eigenvalue weighted by atomic mass is 10.2. The molecule has 0 atom stereocenters. The molecule has 168 valence electrons. The zero-order valence-corrected chi connectivity index (χ0v) is 18.3. The summed E-state index contributed by atoms with van der Waals surface area (Å²) in [6, 6.07) is 7.03. The monoisotopic (exact) mass is 459 g/mol. The molecule has 1 amide bonds. The summed E-state index contributed by atoms with van der Waals surface area (Å²) < 4.78 is 34.1. The van der Waals surface area contributed by atoms with E-state index >= 15 is 0 Å². The molecule has 0 bridgehead atoms. The average Bonchev–Trinajstić information content (AvgIpc) is 2.82. The van der Waals surface area contributed by atoms with Gasteiger partial charge >= 0.3 is 5.69 Å². The quantitative estimate of drug-likeness (QED) is 0.576. The van der Waals surface area contributed by atoms with Crippen LogP contribution < -0.4 is 16.6 Å². The summed E-state index contributed by atoms with van der Waals surface area (Å²) in [5.74, 6) is -0.497. The molecule has 1 aromatic carbocycles. The number of fused-ring (bicyclic) bond motifs is 1. The van der Waals surface area contributed by atoms with Gasteiger partial charge in [0.05, 0.1) is 35.4 Å². The Kier molecular flexibility index (Phi) is 5.67. The van der Waals surface area contributed by atoms with E-state index in [0.717, 1.165) is 4.57 Å². The van der Waals surface area contributed by atoms with Gasteiger partial charge in [0.25, 0.3) is 11.5 Å². The highest BCUT2D eigenvalue weighted by molar-refractivity contribution is 7.89. The number of nitrogens with one attached hydrogen (secondary N) is 1. The molecule has 4 rings (SSSR count). The number of carbonyl (C=O) groups is 1. The van der Waals surface area contributed by atoms with E-state index in [1.54, 1.807) is 0 Å². The average molecular weight is 459 g/mol. The number of hydrogen-bond acceptors (Lipinski definition) is 7. The highest BCUT2D eigenvalue weighted by Gasteiger charge is 2.26. The highest BCUT2D eigenvalue weighted by Crippen LogP contribution is 2.19. The topological polar surface area (TPSA) is 133 Å². The van der Waals surface area contributed by atoms with Gasteiger partial charge in [0, 0.05) is 32.7 Å². The zero-order valence-electron chi connectivity index (χ0n) is 17.4. The fraction of sp³-hybridized carbons (Fsp3) is 0.300. The standard InChI is InChI=1S/C20H21N5O6S/c1-23-17-16(19(27)24(2)20(23)28)11-14(12-21-17)22-18(26)13-3-5-15(6-4-13)32(29,30)25-7-9-31-10-8-25/h3-6,11-12H,7-10H2,1-2H3,(H,22,26). The Labute approximate surface area is 182 Å². The molecule has 1 aliphatic rings. The normalized spacial score (nSPS) is 15.1. The Hall–Kier alpha value is -3.35. The van der Waals surface area contributed by atoms with Crippen LogP contribution in [0.1, 0.15) is 10.4 Å². The summed E-state index contributed by atoms with van der Waals surface area (Å²) in [5, 5.41) is 2.82. The molecule has 32 heavy (non-hydrogen) atoms. The van der Waals surface area contributed by atoms with Crippen LogP contribution in [-0.2, 0) is 28.9 Å². The van der Waals surface area contributed by atoms with Crippen molar-refractivity contribution in [2.75, 3.05) is 31.6 Å². The number of pyridine rings is 1. The molecule has 3 aromatic rings. The first-order valence-corrected chi connectivity index (χ1v) is 11.2. The first kappa shape index (κ1) is 21.9. The first-order valence-electron chi connectivity index (χ1n) is 9.75. The third-order valence-electron chi connectivity index (χ3n) is 5.28. The predicted molar refractivity (Wildman–Crippen MR) is 116 cm³/mol. The molecule has 1 fully saturated rings. The van der Waals surface area contributed by atoms with E-state index in [1.807, 2.05) is 0 Å². The van der Waals surface area contributed by atoms with Gasteiger partial charge in [-0.15, -0.1) is 0 Å². The Morgan fingerprint density at radius 3 is 2.38 bits per heavy atom. The molecule has 11 nitrogen and oxygen atoms in total. The molecule has 0 radical (unpaired) electrons. The number of carbonyl (C=O) groups excluding carboxylic acids is 1. The van der Waals surface area contributed by atoms with Crippen molar-refractivity contribution in [1.82, 2.24) is 18.4 Å². The van der Waals surface area contributed by atoms with Crippen LogP contribution in [0.25, 0.3) is 11.0 Å². The van der Waals surface area contributed by atoms with Gasteiger partial charge in [-0.2, -0.15) is 4.31 Å². The zero-order chi connectivity index (χ0) is 23.0. The predicted octanol–water partition coefficient (Wildman–Crippen LogP) is -0.0946. The summed E-state index contributed by atoms with van der Waals surface area (Å²) >= 11 is 0. The van der Waals surface area contributed by atoms with Crippen LogP contribution in [0.4, 0.5) is 5.69 Å². The van der Waals surface area contributed by atoms with E-state index in [-0.39, 0.29) is 40.3 Å². The molecule has 0 saturated carbocycles. The number of benzene rings is 1. The highest BCUT2D eigenvalue weighted by atomic mass is 32.2. The number of amides is 1. The SMILES string of the molecule is Cn1c(=O)c2cc(NC(=O)c3ccc(S(=O)(=O)N4CCOCC4)cc3)cnc2n(C)c1=O. The molecule has 1 N–H and O–H groups in total. The molecule has 0 spiro atoms. The summed E-state index contributed by atoms with van der Waals surface area (Å²) in [4.78, 5) is 41.3. The lowest BCUT2D eigenvalue weighted by Gasteiger charge is -2.26. The Morgan fingerprint density at radius 2 is 1.72 bits per heavy atom. The molecule has 1 saturated heterocycles. The lowest BCUT2D eigenvalue weighted by molar-refractivity contribution is 0.0730. The van der Waals surface area contributed by atoms with E-state index < -0.39 is 27.2 Å². The maximum absolute atomic E-state index is 12.7. The second-order valence-electron chi connectivity index (χ2n) is 7.30. The van der Waals surface area contributed by atoms with Gasteiger partial charge in [-0.1, -0.05) is 0 Å². The van der Waals surface area contributed by atoms with Crippen LogP contribution in [0.15, 0.2) is 51.0 Å². The number of rotatable bonds is 4. The maximum atomic E-state index is 12.7. The van der Waals surface area contributed by atoms with Gasteiger partial charge in [0.15, 0.2) is 0 Å². The summed E-state index contributed by atoms with van der Waals surface area (Å²) in [6.45, 7) is 1.25. The van der Waals surface area contributed by atoms with Crippen LogP contribution in [-0.4, -0.2) is 59.1 Å². The molecular formula is C20H21N5O6S. The van der Waals surface area contributed by atoms with E-state index in [4.69, 9.17) is 4.74 Å². The third kappa shape index (κ3) is 3.83. The minimum atomic E-state index is -3.66. The molecule has 3 heterocycles. The molecule has 12 heteroatoms. The number of morpholine rings is 1. The summed E-state index contributed by atoms with van der Waals surface area (Å²) in [7, 11) is -0.793. The Balaban J connectivity index is 1.57. The second kappa shape index (κ2) is 8.30. The fourth-order valence-electron chi connectivity index (χ4n) is 3.45. The van der Waals surface area contributed by atoms with Gasteiger partial charge in [-0.3, -0.25) is 18.7 Å². The van der Waals surface area contributed by atoms with Gasteiger partial charge in [0.2, 0.25) is 10.0 Å². The lowest BCUT2D eigenvalue weighted by Crippen LogP contribution is -2.40. The number of nitrogens with zero attached hydrogens (tertiary/aromatic N) is 4. The van der Waals surface area contributed by atoms with Gasteiger partial charge in [-0.25, -0.2) is 18.2 Å². The van der Waals surface area contributed by atoms with Crippen LogP contribution in [0.3, 0.4) is 0 Å². The largest absolute Gasteiger partial charge is 0.379 e. The van der Waals surface area contributed by atoms with Crippen molar-refractivity contribution in [3.63, 3.8) is 0 Å². The van der Waals surface area contributed by atoms with Crippen LogP contribution in [0, 0.1) is 0 Å². The van der Waals surface area contributed by atoms with Crippen molar-refractivity contribution in [1.29, 1.82) is 0 Å². The van der Waals surface area contributed by atoms with Crippen LogP contribution in [0.2, 0.25) is 0 Å². The minimum Gasteiger partial charge on any atom is -0.379 e. The van der Waals surface area contributed by atoms with Crippen molar-refractivity contribution in [3.8, 4) is 0 Å². The number of ether oxygens (including phenoxy) is 1. The number of sulfonamides is 1. The van der Waals surface area contributed by atoms with E-state index in [0.29, 0.717) is 13.2 Å². The van der Waals surface area contributed by atoms with E-state index in [9.17, 15) is 22.8 Å².